The Morgan fingerprint density at radius 2 is 1.65 bits per heavy atom. The molecule has 0 bridgehead atoms. The van der Waals surface area contributed by atoms with Gasteiger partial charge in [-0.25, -0.2) is 0 Å². The van der Waals surface area contributed by atoms with Gasteiger partial charge in [-0.1, -0.05) is 18.2 Å². The van der Waals surface area contributed by atoms with E-state index in [1.54, 1.807) is 57.7 Å². The fraction of sp³-hybridized carbons (Fsp3) is 0.211. The van der Waals surface area contributed by atoms with Crippen molar-refractivity contribution in [2.45, 2.75) is 6.42 Å². The monoisotopic (exact) mass is 312 g/mol. The second-order valence-corrected chi connectivity index (χ2v) is 4.85. The van der Waals surface area contributed by atoms with Crippen molar-refractivity contribution in [3.8, 4) is 17.2 Å². The van der Waals surface area contributed by atoms with E-state index >= 15 is 0 Å². The van der Waals surface area contributed by atoms with Gasteiger partial charge in [-0.3, -0.25) is 4.79 Å². The average molecular weight is 312 g/mol. The predicted octanol–water partition coefficient (Wildman–Crippen LogP) is 3.67. The molecule has 0 N–H and O–H groups in total. The number of allylic oxidation sites excluding steroid dienone is 1. The molecule has 2 aromatic rings. The lowest BCUT2D eigenvalue weighted by molar-refractivity contribution is 0.103. The van der Waals surface area contributed by atoms with E-state index in [-0.39, 0.29) is 5.78 Å². The first-order chi connectivity index (χ1) is 11.2. The zero-order chi connectivity index (χ0) is 16.8. The summed E-state index contributed by atoms with van der Waals surface area (Å²) in [5, 5.41) is 0. The Balaban J connectivity index is 2.60. The zero-order valence-electron chi connectivity index (χ0n) is 13.6. The molecular formula is C19H20O4. The van der Waals surface area contributed by atoms with Gasteiger partial charge in [-0.05, 0) is 30.7 Å². The number of carbonyl (C=O) groups is 1. The van der Waals surface area contributed by atoms with Crippen LogP contribution in [0.5, 0.6) is 17.2 Å². The minimum Gasteiger partial charge on any atom is -0.496 e. The van der Waals surface area contributed by atoms with Crippen molar-refractivity contribution in [3.05, 3.63) is 65.7 Å². The van der Waals surface area contributed by atoms with Crippen LogP contribution in [0.2, 0.25) is 0 Å². The van der Waals surface area contributed by atoms with E-state index < -0.39 is 0 Å². The molecule has 4 nitrogen and oxygen atoms in total. The molecule has 0 aromatic heterocycles. The lowest BCUT2D eigenvalue weighted by atomic mass is 9.97. The van der Waals surface area contributed by atoms with Crippen molar-refractivity contribution >= 4 is 5.78 Å². The van der Waals surface area contributed by atoms with Crippen molar-refractivity contribution in [2.75, 3.05) is 21.3 Å². The Hall–Kier alpha value is -2.75. The molecule has 0 saturated heterocycles. The summed E-state index contributed by atoms with van der Waals surface area (Å²) in [6.07, 6.45) is 2.29. The molecule has 0 aliphatic heterocycles. The first-order valence-electron chi connectivity index (χ1n) is 7.20. The average Bonchev–Trinajstić information content (AvgIpc) is 2.60. The van der Waals surface area contributed by atoms with Gasteiger partial charge in [-0.15, -0.1) is 6.58 Å². The van der Waals surface area contributed by atoms with Gasteiger partial charge in [0.1, 0.15) is 17.2 Å². The number of rotatable bonds is 7. The van der Waals surface area contributed by atoms with Crippen LogP contribution in [0.1, 0.15) is 21.5 Å². The first-order valence-corrected chi connectivity index (χ1v) is 7.20. The minimum absolute atomic E-state index is 0.160. The number of hydrogen-bond donors (Lipinski definition) is 0. The molecule has 0 radical (unpaired) electrons. The topological polar surface area (TPSA) is 44.8 Å². The van der Waals surface area contributed by atoms with Crippen LogP contribution in [-0.4, -0.2) is 27.1 Å². The molecule has 120 valence electrons. The molecule has 0 aliphatic rings. The number of benzene rings is 2. The molecule has 2 aromatic carbocycles. The molecule has 4 heteroatoms. The quantitative estimate of drug-likeness (QED) is 0.578. The van der Waals surface area contributed by atoms with Gasteiger partial charge in [0.15, 0.2) is 5.78 Å². The summed E-state index contributed by atoms with van der Waals surface area (Å²) in [4.78, 5) is 12.9. The Kier molecular flexibility index (Phi) is 5.41. The van der Waals surface area contributed by atoms with Crippen molar-refractivity contribution in [3.63, 3.8) is 0 Å². The summed E-state index contributed by atoms with van der Waals surface area (Å²) in [6, 6.07) is 10.6. The van der Waals surface area contributed by atoms with Crippen molar-refractivity contribution < 1.29 is 19.0 Å². The second-order valence-electron chi connectivity index (χ2n) is 4.85. The van der Waals surface area contributed by atoms with E-state index in [1.807, 2.05) is 6.07 Å². The van der Waals surface area contributed by atoms with Crippen LogP contribution < -0.4 is 14.2 Å². The second kappa shape index (κ2) is 7.49. The zero-order valence-corrected chi connectivity index (χ0v) is 13.6. The van der Waals surface area contributed by atoms with Gasteiger partial charge in [0, 0.05) is 5.56 Å². The lowest BCUT2D eigenvalue weighted by Crippen LogP contribution is -2.08. The highest BCUT2D eigenvalue weighted by Gasteiger charge is 2.22. The van der Waals surface area contributed by atoms with E-state index in [0.717, 1.165) is 5.56 Å². The SMILES string of the molecule is C=CCc1c(OC)ccc(C(=O)c2ccccc2OC)c1OC. The third-order valence-electron chi connectivity index (χ3n) is 3.59. The highest BCUT2D eigenvalue weighted by molar-refractivity contribution is 6.12. The molecule has 0 saturated carbocycles. The maximum absolute atomic E-state index is 12.9. The number of ether oxygens (including phenoxy) is 3. The van der Waals surface area contributed by atoms with Gasteiger partial charge in [0.25, 0.3) is 0 Å². The predicted molar refractivity (Wildman–Crippen MR) is 89.9 cm³/mol. The van der Waals surface area contributed by atoms with Crippen molar-refractivity contribution in [1.82, 2.24) is 0 Å². The van der Waals surface area contributed by atoms with Crippen LogP contribution >= 0.6 is 0 Å². The van der Waals surface area contributed by atoms with E-state index in [0.29, 0.717) is 34.8 Å². The molecule has 0 amide bonds. The third kappa shape index (κ3) is 3.21. The minimum atomic E-state index is -0.160. The molecule has 0 unspecified atom stereocenters. The molecule has 0 heterocycles. The Bertz CT molecular complexity index is 719. The molecule has 0 aliphatic carbocycles. The lowest BCUT2D eigenvalue weighted by Gasteiger charge is -2.16. The summed E-state index contributed by atoms with van der Waals surface area (Å²) < 4.78 is 16.1. The summed E-state index contributed by atoms with van der Waals surface area (Å²) in [5.74, 6) is 1.53. The highest BCUT2D eigenvalue weighted by atomic mass is 16.5. The fourth-order valence-corrected chi connectivity index (χ4v) is 2.53. The molecule has 23 heavy (non-hydrogen) atoms. The molecular weight excluding hydrogens is 292 g/mol. The normalized spacial score (nSPS) is 10.0. The van der Waals surface area contributed by atoms with Crippen LogP contribution in [-0.2, 0) is 6.42 Å². The largest absolute Gasteiger partial charge is 0.496 e. The van der Waals surface area contributed by atoms with Gasteiger partial charge < -0.3 is 14.2 Å². The Morgan fingerprint density at radius 1 is 0.957 bits per heavy atom. The molecule has 0 fully saturated rings. The number of hydrogen-bond acceptors (Lipinski definition) is 4. The standard InChI is InChI=1S/C19H20O4/c1-5-8-14-17(22-3)12-11-15(19(14)23-4)18(20)13-9-6-7-10-16(13)21-2/h5-7,9-12H,1,8H2,2-4H3. The van der Waals surface area contributed by atoms with Crippen LogP contribution in [0.4, 0.5) is 0 Å². The van der Waals surface area contributed by atoms with Crippen LogP contribution in [0, 0.1) is 0 Å². The Morgan fingerprint density at radius 3 is 2.26 bits per heavy atom. The maximum atomic E-state index is 12.9. The molecule has 2 rings (SSSR count). The highest BCUT2D eigenvalue weighted by Crippen LogP contribution is 2.35. The number of para-hydroxylation sites is 1. The summed E-state index contributed by atoms with van der Waals surface area (Å²) in [6.45, 7) is 3.75. The number of methoxy groups -OCH3 is 3. The van der Waals surface area contributed by atoms with Gasteiger partial charge in [-0.2, -0.15) is 0 Å². The van der Waals surface area contributed by atoms with Gasteiger partial charge in [0.2, 0.25) is 0 Å². The summed E-state index contributed by atoms with van der Waals surface area (Å²) in [7, 11) is 4.67. The molecule has 0 spiro atoms. The van der Waals surface area contributed by atoms with E-state index in [4.69, 9.17) is 14.2 Å². The van der Waals surface area contributed by atoms with E-state index in [2.05, 4.69) is 6.58 Å². The summed E-state index contributed by atoms with van der Waals surface area (Å²) in [5.41, 5.74) is 1.75. The number of carbonyl (C=O) groups excluding carboxylic acids is 1. The van der Waals surface area contributed by atoms with Gasteiger partial charge >= 0.3 is 0 Å². The Labute approximate surface area is 136 Å². The van der Waals surface area contributed by atoms with E-state index in [9.17, 15) is 4.79 Å². The van der Waals surface area contributed by atoms with Crippen LogP contribution in [0.25, 0.3) is 0 Å². The van der Waals surface area contributed by atoms with Crippen molar-refractivity contribution in [2.24, 2.45) is 0 Å². The number of ketones is 1. The maximum Gasteiger partial charge on any atom is 0.200 e. The third-order valence-corrected chi connectivity index (χ3v) is 3.59. The summed E-state index contributed by atoms with van der Waals surface area (Å²) >= 11 is 0. The molecule has 0 atom stereocenters. The first kappa shape index (κ1) is 16.6. The van der Waals surface area contributed by atoms with Crippen LogP contribution in [0.15, 0.2) is 49.1 Å². The van der Waals surface area contributed by atoms with Gasteiger partial charge in [0.05, 0.1) is 32.5 Å². The van der Waals surface area contributed by atoms with E-state index in [1.165, 1.54) is 0 Å². The van der Waals surface area contributed by atoms with Crippen molar-refractivity contribution in [1.29, 1.82) is 0 Å². The smallest absolute Gasteiger partial charge is 0.200 e. The van der Waals surface area contributed by atoms with Crippen LogP contribution in [0.3, 0.4) is 0 Å². The fourth-order valence-electron chi connectivity index (χ4n) is 2.53.